The predicted octanol–water partition coefficient (Wildman–Crippen LogP) is 2.23. The fourth-order valence-electron chi connectivity index (χ4n) is 1.36. The van der Waals surface area contributed by atoms with Crippen molar-refractivity contribution in [3.8, 4) is 0 Å². The molecule has 0 aliphatic heterocycles. The molecule has 0 radical (unpaired) electrons. The SMILES string of the molecule is C[C@@H](C[C@H]1C=CC=CC1)C(=O)O. The van der Waals surface area contributed by atoms with E-state index in [4.69, 9.17) is 5.11 Å². The van der Waals surface area contributed by atoms with Crippen LogP contribution in [0.25, 0.3) is 0 Å². The standard InChI is InChI=1S/C10H14O2/c1-8(10(11)12)7-9-5-3-2-4-6-9/h2-5,8-9H,6-7H2,1H3,(H,11,12)/t8-,9-/m0/s1. The number of hydrogen-bond acceptors (Lipinski definition) is 1. The van der Waals surface area contributed by atoms with Crippen LogP contribution >= 0.6 is 0 Å². The fraction of sp³-hybridized carbons (Fsp3) is 0.500. The average molecular weight is 166 g/mol. The normalized spacial score (nSPS) is 23.9. The summed E-state index contributed by atoms with van der Waals surface area (Å²) in [5.41, 5.74) is 0. The molecular weight excluding hydrogens is 152 g/mol. The highest BCUT2D eigenvalue weighted by Crippen LogP contribution is 2.20. The largest absolute Gasteiger partial charge is 0.481 e. The lowest BCUT2D eigenvalue weighted by molar-refractivity contribution is -0.141. The van der Waals surface area contributed by atoms with Gasteiger partial charge >= 0.3 is 5.97 Å². The first-order chi connectivity index (χ1) is 5.70. The topological polar surface area (TPSA) is 37.3 Å². The van der Waals surface area contributed by atoms with Gasteiger partial charge in [0.15, 0.2) is 0 Å². The van der Waals surface area contributed by atoms with Crippen LogP contribution in [0.1, 0.15) is 19.8 Å². The Morgan fingerprint density at radius 3 is 2.92 bits per heavy atom. The summed E-state index contributed by atoms with van der Waals surface area (Å²) in [4.78, 5) is 10.5. The van der Waals surface area contributed by atoms with E-state index in [1.165, 1.54) is 0 Å². The molecule has 0 heterocycles. The first-order valence-electron chi connectivity index (χ1n) is 4.26. The molecule has 1 N–H and O–H groups in total. The molecule has 0 saturated heterocycles. The van der Waals surface area contributed by atoms with Crippen molar-refractivity contribution in [2.45, 2.75) is 19.8 Å². The molecule has 66 valence electrons. The molecule has 0 amide bonds. The van der Waals surface area contributed by atoms with Crippen LogP contribution in [0.4, 0.5) is 0 Å². The molecule has 0 saturated carbocycles. The summed E-state index contributed by atoms with van der Waals surface area (Å²) in [7, 11) is 0. The van der Waals surface area contributed by atoms with Gasteiger partial charge in [-0.1, -0.05) is 31.2 Å². The highest BCUT2D eigenvalue weighted by atomic mass is 16.4. The lowest BCUT2D eigenvalue weighted by atomic mass is 9.91. The quantitative estimate of drug-likeness (QED) is 0.698. The Labute approximate surface area is 72.6 Å². The van der Waals surface area contributed by atoms with Crippen molar-refractivity contribution in [3.05, 3.63) is 24.3 Å². The zero-order valence-electron chi connectivity index (χ0n) is 7.23. The molecule has 1 aliphatic rings. The number of rotatable bonds is 3. The van der Waals surface area contributed by atoms with Crippen molar-refractivity contribution in [1.82, 2.24) is 0 Å². The van der Waals surface area contributed by atoms with Crippen molar-refractivity contribution in [2.75, 3.05) is 0 Å². The number of allylic oxidation sites excluding steroid dienone is 4. The van der Waals surface area contributed by atoms with Gasteiger partial charge in [-0.3, -0.25) is 4.79 Å². The molecule has 1 aliphatic carbocycles. The molecule has 0 spiro atoms. The van der Waals surface area contributed by atoms with Gasteiger partial charge in [0, 0.05) is 0 Å². The molecule has 2 heteroatoms. The van der Waals surface area contributed by atoms with Crippen LogP contribution in [0.3, 0.4) is 0 Å². The minimum atomic E-state index is -0.696. The van der Waals surface area contributed by atoms with Gasteiger partial charge in [-0.25, -0.2) is 0 Å². The summed E-state index contributed by atoms with van der Waals surface area (Å²) < 4.78 is 0. The molecule has 0 aromatic heterocycles. The highest BCUT2D eigenvalue weighted by Gasteiger charge is 2.15. The molecular formula is C10H14O2. The van der Waals surface area contributed by atoms with Crippen LogP contribution in [-0.4, -0.2) is 11.1 Å². The van der Waals surface area contributed by atoms with Gasteiger partial charge in [-0.15, -0.1) is 0 Å². The maximum absolute atomic E-state index is 10.5. The van der Waals surface area contributed by atoms with Crippen molar-refractivity contribution < 1.29 is 9.90 Å². The summed E-state index contributed by atoms with van der Waals surface area (Å²) in [5, 5.41) is 8.67. The zero-order chi connectivity index (χ0) is 8.97. The summed E-state index contributed by atoms with van der Waals surface area (Å²) in [6.07, 6.45) is 9.88. The zero-order valence-corrected chi connectivity index (χ0v) is 7.23. The van der Waals surface area contributed by atoms with Crippen molar-refractivity contribution >= 4 is 5.97 Å². The molecule has 0 bridgehead atoms. The second kappa shape index (κ2) is 4.10. The second-order valence-corrected chi connectivity index (χ2v) is 3.28. The Morgan fingerprint density at radius 1 is 1.67 bits per heavy atom. The van der Waals surface area contributed by atoms with Crippen LogP contribution in [0.2, 0.25) is 0 Å². The molecule has 0 aromatic carbocycles. The van der Waals surface area contributed by atoms with E-state index in [0.29, 0.717) is 5.92 Å². The predicted molar refractivity (Wildman–Crippen MR) is 47.8 cm³/mol. The van der Waals surface area contributed by atoms with Gasteiger partial charge in [0.05, 0.1) is 5.92 Å². The summed E-state index contributed by atoms with van der Waals surface area (Å²) >= 11 is 0. The number of hydrogen-bond donors (Lipinski definition) is 1. The number of carboxylic acid groups (broad SMARTS) is 1. The van der Waals surface area contributed by atoms with Gasteiger partial charge in [-0.2, -0.15) is 0 Å². The third kappa shape index (κ3) is 2.53. The van der Waals surface area contributed by atoms with E-state index in [1.54, 1.807) is 6.92 Å². The minimum absolute atomic E-state index is 0.230. The first-order valence-corrected chi connectivity index (χ1v) is 4.26. The number of aliphatic carboxylic acids is 1. The molecule has 12 heavy (non-hydrogen) atoms. The molecule has 2 nitrogen and oxygen atoms in total. The molecule has 0 fully saturated rings. The van der Waals surface area contributed by atoms with Crippen molar-refractivity contribution in [2.24, 2.45) is 11.8 Å². The monoisotopic (exact) mass is 166 g/mol. The van der Waals surface area contributed by atoms with E-state index in [2.05, 4.69) is 12.2 Å². The maximum Gasteiger partial charge on any atom is 0.306 e. The van der Waals surface area contributed by atoms with E-state index in [0.717, 1.165) is 12.8 Å². The van der Waals surface area contributed by atoms with Crippen molar-refractivity contribution in [1.29, 1.82) is 0 Å². The van der Waals surface area contributed by atoms with Crippen LogP contribution < -0.4 is 0 Å². The molecule has 0 aromatic rings. The first kappa shape index (κ1) is 9.04. The van der Waals surface area contributed by atoms with Gasteiger partial charge in [-0.05, 0) is 18.8 Å². The lowest BCUT2D eigenvalue weighted by Crippen LogP contribution is -2.13. The van der Waals surface area contributed by atoms with Crippen molar-refractivity contribution in [3.63, 3.8) is 0 Å². The third-order valence-electron chi connectivity index (χ3n) is 2.15. The smallest absolute Gasteiger partial charge is 0.306 e. The maximum atomic E-state index is 10.5. The molecule has 2 atom stereocenters. The van der Waals surface area contributed by atoms with Crippen LogP contribution in [0, 0.1) is 11.8 Å². The average Bonchev–Trinajstić information content (AvgIpc) is 2.06. The van der Waals surface area contributed by atoms with Gasteiger partial charge in [0.1, 0.15) is 0 Å². The summed E-state index contributed by atoms with van der Waals surface area (Å²) in [6.45, 7) is 1.76. The van der Waals surface area contributed by atoms with Gasteiger partial charge < -0.3 is 5.11 Å². The minimum Gasteiger partial charge on any atom is -0.481 e. The Bertz CT molecular complexity index is 216. The van der Waals surface area contributed by atoms with E-state index >= 15 is 0 Å². The number of carboxylic acids is 1. The second-order valence-electron chi connectivity index (χ2n) is 3.28. The van der Waals surface area contributed by atoms with E-state index in [1.807, 2.05) is 12.2 Å². The summed E-state index contributed by atoms with van der Waals surface area (Å²) in [6, 6.07) is 0. The number of carbonyl (C=O) groups is 1. The molecule has 0 unspecified atom stereocenters. The lowest BCUT2D eigenvalue weighted by Gasteiger charge is -2.14. The fourth-order valence-corrected chi connectivity index (χ4v) is 1.36. The Hall–Kier alpha value is -1.05. The Morgan fingerprint density at radius 2 is 2.42 bits per heavy atom. The highest BCUT2D eigenvalue weighted by molar-refractivity contribution is 5.69. The third-order valence-corrected chi connectivity index (χ3v) is 2.15. The Kier molecular flexibility index (Phi) is 3.09. The van der Waals surface area contributed by atoms with Crippen LogP contribution in [-0.2, 0) is 4.79 Å². The van der Waals surface area contributed by atoms with E-state index in [9.17, 15) is 4.79 Å². The Balaban J connectivity index is 2.36. The summed E-state index contributed by atoms with van der Waals surface area (Å²) in [5.74, 6) is -0.509. The van der Waals surface area contributed by atoms with Crippen LogP contribution in [0.5, 0.6) is 0 Å². The van der Waals surface area contributed by atoms with Gasteiger partial charge in [0.2, 0.25) is 0 Å². The molecule has 1 rings (SSSR count). The van der Waals surface area contributed by atoms with E-state index in [-0.39, 0.29) is 5.92 Å². The van der Waals surface area contributed by atoms with Gasteiger partial charge in [0.25, 0.3) is 0 Å². The van der Waals surface area contributed by atoms with Crippen LogP contribution in [0.15, 0.2) is 24.3 Å². The van der Waals surface area contributed by atoms with E-state index < -0.39 is 5.97 Å².